The summed E-state index contributed by atoms with van der Waals surface area (Å²) in [4.78, 5) is 12.0. The third-order valence-electron chi connectivity index (χ3n) is 3.37. The molecule has 0 aliphatic carbocycles. The summed E-state index contributed by atoms with van der Waals surface area (Å²) >= 11 is 0. The Balaban J connectivity index is 1.91. The average Bonchev–Trinajstić information content (AvgIpc) is 2.75. The largest absolute Gasteiger partial charge is 0.308 e. The first-order valence-corrected chi connectivity index (χ1v) is 6.23. The van der Waals surface area contributed by atoms with Crippen LogP contribution in [0.25, 0.3) is 0 Å². The molecule has 1 aliphatic heterocycles. The molecule has 0 aromatic carbocycles. The number of carbonyl (C=O) groups excluding carboxylic acids is 1. The number of piperidine rings is 1. The molecule has 1 amide bonds. The lowest BCUT2D eigenvalue weighted by Crippen LogP contribution is -2.46. The van der Waals surface area contributed by atoms with E-state index in [0.717, 1.165) is 19.4 Å². The van der Waals surface area contributed by atoms with Crippen LogP contribution in [-0.4, -0.2) is 28.3 Å². The summed E-state index contributed by atoms with van der Waals surface area (Å²) in [5, 5.41) is 10.2. The van der Waals surface area contributed by atoms with Gasteiger partial charge in [-0.25, -0.2) is 0 Å². The zero-order valence-electron chi connectivity index (χ0n) is 10.4. The van der Waals surface area contributed by atoms with E-state index in [9.17, 15) is 4.79 Å². The predicted octanol–water partition coefficient (Wildman–Crippen LogP) is 1.14. The van der Waals surface area contributed by atoms with Crippen LogP contribution in [-0.2, 0) is 11.8 Å². The van der Waals surface area contributed by atoms with Crippen molar-refractivity contribution >= 4 is 11.7 Å². The highest BCUT2D eigenvalue weighted by atomic mass is 16.2. The molecule has 2 rings (SSSR count). The molecule has 0 spiro atoms. The van der Waals surface area contributed by atoms with Gasteiger partial charge in [-0.3, -0.25) is 9.48 Å². The zero-order chi connectivity index (χ0) is 12.3. The van der Waals surface area contributed by atoms with E-state index >= 15 is 0 Å². The quantitative estimate of drug-likeness (QED) is 0.827. The number of aromatic nitrogens is 2. The van der Waals surface area contributed by atoms with Gasteiger partial charge in [0.25, 0.3) is 0 Å². The van der Waals surface area contributed by atoms with Crippen molar-refractivity contribution in [2.45, 2.75) is 32.2 Å². The zero-order valence-corrected chi connectivity index (χ0v) is 10.4. The summed E-state index contributed by atoms with van der Waals surface area (Å²) in [5.74, 6) is 1.32. The number of rotatable bonds is 3. The topological polar surface area (TPSA) is 59.0 Å². The smallest absolute Gasteiger partial charge is 0.242 e. The van der Waals surface area contributed by atoms with Crippen molar-refractivity contribution in [2.24, 2.45) is 13.0 Å². The summed E-state index contributed by atoms with van der Waals surface area (Å²) in [7, 11) is 1.83. The Morgan fingerprint density at radius 3 is 3.18 bits per heavy atom. The maximum absolute atomic E-state index is 12.0. The SMILES string of the molecule is CCC1CCNC(C(=O)Nc2ccn(C)n2)C1. The third-order valence-corrected chi connectivity index (χ3v) is 3.37. The first-order valence-electron chi connectivity index (χ1n) is 6.23. The van der Waals surface area contributed by atoms with Crippen molar-refractivity contribution < 1.29 is 4.79 Å². The minimum Gasteiger partial charge on any atom is -0.308 e. The highest BCUT2D eigenvalue weighted by Gasteiger charge is 2.26. The first kappa shape index (κ1) is 12.1. The molecule has 94 valence electrons. The molecule has 2 unspecified atom stereocenters. The minimum atomic E-state index is -0.0734. The number of carbonyl (C=O) groups is 1. The fourth-order valence-electron chi connectivity index (χ4n) is 2.26. The number of hydrogen-bond donors (Lipinski definition) is 2. The normalized spacial score (nSPS) is 24.6. The van der Waals surface area contributed by atoms with Crippen LogP contribution in [0, 0.1) is 5.92 Å². The highest BCUT2D eigenvalue weighted by molar-refractivity contribution is 5.94. The van der Waals surface area contributed by atoms with Gasteiger partial charge in [0.05, 0.1) is 6.04 Å². The Kier molecular flexibility index (Phi) is 3.78. The van der Waals surface area contributed by atoms with Crippen LogP contribution in [0.15, 0.2) is 12.3 Å². The second kappa shape index (κ2) is 5.31. The van der Waals surface area contributed by atoms with E-state index in [1.807, 2.05) is 13.2 Å². The monoisotopic (exact) mass is 236 g/mol. The Bertz CT molecular complexity index is 388. The molecule has 2 atom stereocenters. The molecule has 0 radical (unpaired) electrons. The van der Waals surface area contributed by atoms with E-state index in [-0.39, 0.29) is 11.9 Å². The van der Waals surface area contributed by atoms with Gasteiger partial charge in [0.15, 0.2) is 5.82 Å². The van der Waals surface area contributed by atoms with Gasteiger partial charge in [0, 0.05) is 19.3 Å². The summed E-state index contributed by atoms with van der Waals surface area (Å²) in [6.07, 6.45) is 5.06. The molecular weight excluding hydrogens is 216 g/mol. The molecule has 5 heteroatoms. The van der Waals surface area contributed by atoms with E-state index < -0.39 is 0 Å². The molecule has 1 aliphatic rings. The fourth-order valence-corrected chi connectivity index (χ4v) is 2.26. The summed E-state index contributed by atoms with van der Waals surface area (Å²) in [6, 6.07) is 1.73. The van der Waals surface area contributed by atoms with Crippen LogP contribution < -0.4 is 10.6 Å². The lowest BCUT2D eigenvalue weighted by molar-refractivity contribution is -0.119. The lowest BCUT2D eigenvalue weighted by Gasteiger charge is -2.28. The van der Waals surface area contributed by atoms with Crippen LogP contribution in [0.2, 0.25) is 0 Å². The number of amides is 1. The summed E-state index contributed by atoms with van der Waals surface area (Å²) in [5.41, 5.74) is 0. The van der Waals surface area contributed by atoms with Gasteiger partial charge in [-0.05, 0) is 25.3 Å². The average molecular weight is 236 g/mol. The lowest BCUT2D eigenvalue weighted by atomic mass is 9.90. The first-order chi connectivity index (χ1) is 8.19. The van der Waals surface area contributed by atoms with Crippen LogP contribution in [0.5, 0.6) is 0 Å². The number of nitrogens with one attached hydrogen (secondary N) is 2. The second-order valence-corrected chi connectivity index (χ2v) is 4.67. The summed E-state index contributed by atoms with van der Waals surface area (Å²) < 4.78 is 1.68. The number of hydrogen-bond acceptors (Lipinski definition) is 3. The van der Waals surface area contributed by atoms with Gasteiger partial charge < -0.3 is 10.6 Å². The fraction of sp³-hybridized carbons (Fsp3) is 0.667. The molecule has 1 saturated heterocycles. The van der Waals surface area contributed by atoms with Gasteiger partial charge in [0.1, 0.15) is 0 Å². The minimum absolute atomic E-state index is 0.0295. The van der Waals surface area contributed by atoms with Crippen LogP contribution in [0.1, 0.15) is 26.2 Å². The van der Waals surface area contributed by atoms with E-state index in [1.165, 1.54) is 6.42 Å². The Hall–Kier alpha value is -1.36. The van der Waals surface area contributed by atoms with E-state index in [1.54, 1.807) is 10.7 Å². The number of anilines is 1. The van der Waals surface area contributed by atoms with Crippen molar-refractivity contribution in [1.82, 2.24) is 15.1 Å². The highest BCUT2D eigenvalue weighted by Crippen LogP contribution is 2.19. The van der Waals surface area contributed by atoms with Crippen molar-refractivity contribution in [2.75, 3.05) is 11.9 Å². The van der Waals surface area contributed by atoms with Crippen molar-refractivity contribution in [1.29, 1.82) is 0 Å². The molecular formula is C12H20N4O. The standard InChI is InChI=1S/C12H20N4O/c1-3-9-4-6-13-10(8-9)12(17)14-11-5-7-16(2)15-11/h5,7,9-10,13H,3-4,6,8H2,1-2H3,(H,14,15,17). The molecule has 2 heterocycles. The van der Waals surface area contributed by atoms with Crippen LogP contribution >= 0.6 is 0 Å². The molecule has 0 bridgehead atoms. The molecule has 2 N–H and O–H groups in total. The van der Waals surface area contributed by atoms with E-state index in [4.69, 9.17) is 0 Å². The van der Waals surface area contributed by atoms with Gasteiger partial charge in [0.2, 0.25) is 5.91 Å². The van der Waals surface area contributed by atoms with Crippen molar-refractivity contribution in [3.8, 4) is 0 Å². The third kappa shape index (κ3) is 3.06. The predicted molar refractivity (Wildman–Crippen MR) is 66.6 cm³/mol. The van der Waals surface area contributed by atoms with Gasteiger partial charge >= 0.3 is 0 Å². The maximum Gasteiger partial charge on any atom is 0.242 e. The number of nitrogens with zero attached hydrogens (tertiary/aromatic N) is 2. The second-order valence-electron chi connectivity index (χ2n) is 4.67. The van der Waals surface area contributed by atoms with Crippen LogP contribution in [0.3, 0.4) is 0 Å². The molecule has 5 nitrogen and oxygen atoms in total. The maximum atomic E-state index is 12.0. The number of aryl methyl sites for hydroxylation is 1. The van der Waals surface area contributed by atoms with Gasteiger partial charge in [-0.2, -0.15) is 5.10 Å². The van der Waals surface area contributed by atoms with Gasteiger partial charge in [-0.15, -0.1) is 0 Å². The Morgan fingerprint density at radius 1 is 1.71 bits per heavy atom. The Labute approximate surface area is 102 Å². The van der Waals surface area contributed by atoms with Crippen LogP contribution in [0.4, 0.5) is 5.82 Å². The molecule has 0 saturated carbocycles. The van der Waals surface area contributed by atoms with Gasteiger partial charge in [-0.1, -0.05) is 13.3 Å². The van der Waals surface area contributed by atoms with E-state index in [0.29, 0.717) is 11.7 Å². The van der Waals surface area contributed by atoms with Crippen molar-refractivity contribution in [3.05, 3.63) is 12.3 Å². The Morgan fingerprint density at radius 2 is 2.53 bits per heavy atom. The molecule has 1 aromatic heterocycles. The molecule has 1 aromatic rings. The van der Waals surface area contributed by atoms with E-state index in [2.05, 4.69) is 22.7 Å². The molecule has 17 heavy (non-hydrogen) atoms. The van der Waals surface area contributed by atoms with Crippen molar-refractivity contribution in [3.63, 3.8) is 0 Å². The molecule has 1 fully saturated rings. The summed E-state index contributed by atoms with van der Waals surface area (Å²) in [6.45, 7) is 3.11.